The van der Waals surface area contributed by atoms with Crippen LogP contribution in [0, 0.1) is 10.1 Å². The summed E-state index contributed by atoms with van der Waals surface area (Å²) >= 11 is 0. The second kappa shape index (κ2) is 17.1. The van der Waals surface area contributed by atoms with Crippen LogP contribution in [0.1, 0.15) is 0 Å². The Hall–Kier alpha value is -0.218. The molecule has 50 valence electrons. The first-order chi connectivity index (χ1) is 1.73. The van der Waals surface area contributed by atoms with Crippen molar-refractivity contribution in [3.05, 3.63) is 10.1 Å². The van der Waals surface area contributed by atoms with Crippen molar-refractivity contribution in [3.63, 3.8) is 0 Å². The second-order valence-electron chi connectivity index (χ2n) is 0.238. The first-order valence-corrected chi connectivity index (χ1v) is 0.565. The van der Waals surface area contributed by atoms with E-state index in [1.165, 1.54) is 0 Å². The van der Waals surface area contributed by atoms with E-state index in [0.29, 0.717) is 0 Å². The normalized spacial score (nSPS) is 3.43. The van der Waals surface area contributed by atoms with Gasteiger partial charge in [-0.1, -0.05) is 0 Å². The average Bonchev–Trinajstić information content (AvgIpc) is 0.811. The summed E-state index contributed by atoms with van der Waals surface area (Å²) in [6, 6.07) is 0. The zero-order chi connectivity index (χ0) is 3.58. The summed E-state index contributed by atoms with van der Waals surface area (Å²) in [5, 5.41) is 13.6. The van der Waals surface area contributed by atoms with Crippen LogP contribution in [-0.4, -0.2) is 21.2 Å². The van der Waals surface area contributed by atoms with Gasteiger partial charge in [0, 0.05) is 20.4 Å². The Morgan fingerprint density at radius 2 is 1.43 bits per heavy atom. The van der Waals surface area contributed by atoms with Gasteiger partial charge in [-0.25, -0.2) is 0 Å². The minimum atomic E-state index is -1.50. The van der Waals surface area contributed by atoms with E-state index in [1.54, 1.807) is 0 Å². The van der Waals surface area contributed by atoms with Gasteiger partial charge in [-0.15, -0.1) is 10.1 Å². The summed E-state index contributed by atoms with van der Waals surface area (Å²) < 4.78 is 0. The van der Waals surface area contributed by atoms with Crippen molar-refractivity contribution in [2.75, 3.05) is 0 Å². The quantitative estimate of drug-likeness (QED) is 0.279. The molecule has 0 saturated carbocycles. The zero-order valence-corrected chi connectivity index (χ0v) is 4.58. The van der Waals surface area contributed by atoms with Gasteiger partial charge in [0.2, 0.25) is 0 Å². The fourth-order valence-electron chi connectivity index (χ4n) is 0. The second-order valence-corrected chi connectivity index (χ2v) is 0.238. The third-order valence-corrected chi connectivity index (χ3v) is 0. The van der Waals surface area contributed by atoms with Gasteiger partial charge in [-0.2, -0.15) is 0 Å². The van der Waals surface area contributed by atoms with Crippen molar-refractivity contribution in [1.82, 2.24) is 0 Å². The van der Waals surface area contributed by atoms with E-state index in [2.05, 4.69) is 0 Å². The zero-order valence-electron chi connectivity index (χ0n) is 3.03. The maximum Gasteiger partial charge on any atom is 0.291 e. The number of rotatable bonds is 0. The molecule has 0 saturated heterocycles. The van der Waals surface area contributed by atoms with Gasteiger partial charge >= 0.3 is 0 Å². The van der Waals surface area contributed by atoms with Crippen LogP contribution >= 0.6 is 0 Å². The van der Waals surface area contributed by atoms with E-state index in [4.69, 9.17) is 15.3 Å². The summed E-state index contributed by atoms with van der Waals surface area (Å²) in [7, 11) is 0. The van der Waals surface area contributed by atoms with Crippen molar-refractivity contribution >= 4 is 0 Å². The Balaban J connectivity index is -0.0000000150. The molecule has 0 spiro atoms. The van der Waals surface area contributed by atoms with Gasteiger partial charge in [0.05, 0.1) is 0 Å². The first-order valence-electron chi connectivity index (χ1n) is 0.565. The van der Waals surface area contributed by atoms with Gasteiger partial charge in [0.25, 0.3) is 5.09 Å². The molecule has 0 aliphatic carbocycles. The molecule has 7 heavy (non-hydrogen) atoms. The Morgan fingerprint density at radius 1 is 1.43 bits per heavy atom. The molecule has 0 rings (SSSR count). The van der Waals surface area contributed by atoms with E-state index < -0.39 is 5.09 Å². The van der Waals surface area contributed by atoms with E-state index in [0.717, 1.165) is 0 Å². The molecule has 0 unspecified atom stereocenters. The summed E-state index contributed by atoms with van der Waals surface area (Å²) in [5.74, 6) is 0. The largest absolute Gasteiger partial charge is 0.412 e. The van der Waals surface area contributed by atoms with Gasteiger partial charge in [0.15, 0.2) is 0 Å². The number of hydrogen-bond donors (Lipinski definition) is 1. The molecular weight excluding hydrogens is 200 g/mol. The van der Waals surface area contributed by atoms with Crippen LogP contribution in [0.5, 0.6) is 0 Å². The summed E-state index contributed by atoms with van der Waals surface area (Å²) in [4.78, 5) is 8.36. The Labute approximate surface area is 52.5 Å². The maximum atomic E-state index is 8.36. The smallest absolute Gasteiger partial charge is 0.291 e. The van der Waals surface area contributed by atoms with Crippen LogP contribution in [0.25, 0.3) is 0 Å². The molecular formula is H5NO5Pd. The molecule has 0 bridgehead atoms. The molecule has 0 radical (unpaired) electrons. The molecule has 0 aromatic heterocycles. The van der Waals surface area contributed by atoms with E-state index in [-0.39, 0.29) is 31.4 Å². The van der Waals surface area contributed by atoms with E-state index in [1.807, 2.05) is 0 Å². The fourth-order valence-corrected chi connectivity index (χ4v) is 0. The SMILES string of the molecule is O.O.O=[N+]([O-])O.[Pd]. The van der Waals surface area contributed by atoms with Crippen molar-refractivity contribution in [3.8, 4) is 0 Å². The van der Waals surface area contributed by atoms with Crippen LogP contribution < -0.4 is 0 Å². The summed E-state index contributed by atoms with van der Waals surface area (Å²) in [6.45, 7) is 0. The third-order valence-electron chi connectivity index (χ3n) is 0. The molecule has 0 amide bonds. The average molecular weight is 205 g/mol. The fraction of sp³-hybridized carbons (Fsp3) is 0. The maximum absolute atomic E-state index is 8.36. The van der Waals surface area contributed by atoms with Crippen LogP contribution in [0.2, 0.25) is 0 Å². The van der Waals surface area contributed by atoms with Gasteiger partial charge in [0.1, 0.15) is 0 Å². The molecule has 0 fully saturated rings. The molecule has 0 aliphatic heterocycles. The number of nitrogens with zero attached hydrogens (tertiary/aromatic N) is 1. The van der Waals surface area contributed by atoms with Crippen molar-refractivity contribution in [2.45, 2.75) is 0 Å². The molecule has 6 nitrogen and oxygen atoms in total. The Morgan fingerprint density at radius 3 is 1.43 bits per heavy atom. The van der Waals surface area contributed by atoms with E-state index in [9.17, 15) is 0 Å². The molecule has 7 heteroatoms. The molecule has 0 atom stereocenters. The first kappa shape index (κ1) is 29.3. The van der Waals surface area contributed by atoms with Crippen molar-refractivity contribution < 1.29 is 41.7 Å². The standard InChI is InChI=1S/HNO3.2H2O.Pd/c2-1(3)4;;;/h(H,2,3,4);2*1H2;. The predicted molar refractivity (Wildman–Crippen MR) is 16.0 cm³/mol. The predicted octanol–water partition coefficient (Wildman–Crippen LogP) is -2.00. The number of hydrogen-bond acceptors (Lipinski definition) is 2. The van der Waals surface area contributed by atoms with Crippen molar-refractivity contribution in [1.29, 1.82) is 0 Å². The Kier molecular flexibility index (Phi) is 71.5. The molecule has 5 N–H and O–H groups in total. The summed E-state index contributed by atoms with van der Waals surface area (Å²) in [6.07, 6.45) is 0. The van der Waals surface area contributed by atoms with Crippen LogP contribution in [-0.2, 0) is 20.4 Å². The third kappa shape index (κ3) is 1750. The van der Waals surface area contributed by atoms with Gasteiger partial charge in [-0.05, 0) is 0 Å². The molecule has 0 heterocycles. The van der Waals surface area contributed by atoms with Crippen molar-refractivity contribution in [2.24, 2.45) is 0 Å². The van der Waals surface area contributed by atoms with Crippen LogP contribution in [0.3, 0.4) is 0 Å². The molecule has 0 aromatic rings. The monoisotopic (exact) mass is 205 g/mol. The minimum absolute atomic E-state index is 0. The van der Waals surface area contributed by atoms with Gasteiger partial charge in [-0.3, -0.25) is 0 Å². The van der Waals surface area contributed by atoms with Crippen LogP contribution in [0.4, 0.5) is 0 Å². The topological polar surface area (TPSA) is 126 Å². The van der Waals surface area contributed by atoms with E-state index >= 15 is 0 Å². The Bertz CT molecular complexity index is 31.1. The van der Waals surface area contributed by atoms with Gasteiger partial charge < -0.3 is 16.2 Å². The van der Waals surface area contributed by atoms with Crippen LogP contribution in [0.15, 0.2) is 0 Å². The minimum Gasteiger partial charge on any atom is -0.412 e. The molecule has 0 aliphatic rings. The molecule has 0 aromatic carbocycles. The summed E-state index contributed by atoms with van der Waals surface area (Å²) in [5.41, 5.74) is 0.